The minimum absolute atomic E-state index is 0.535. The number of hydrogen-bond acceptors (Lipinski definition) is 4. The average molecular weight is 260 g/mol. The molecule has 19 heavy (non-hydrogen) atoms. The maximum absolute atomic E-state index is 5.68. The van der Waals surface area contributed by atoms with Crippen molar-refractivity contribution in [2.75, 3.05) is 6.54 Å². The molecule has 0 amide bonds. The molecule has 0 unspecified atom stereocenters. The maximum atomic E-state index is 5.68. The van der Waals surface area contributed by atoms with Gasteiger partial charge in [0.1, 0.15) is 5.76 Å². The van der Waals surface area contributed by atoms with Crippen LogP contribution in [0.1, 0.15) is 30.2 Å². The molecule has 1 aliphatic heterocycles. The third kappa shape index (κ3) is 2.71. The standard InChI is InChI=1S/C14H20N4O/c1-11-12(2)19-14(16-11)10-17-7-3-5-13(17)9-18-8-4-6-15-18/h4,6,8,13H,3,5,7,9-10H2,1-2H3/t13-/m1/s1. The van der Waals surface area contributed by atoms with Crippen LogP contribution in [-0.4, -0.2) is 32.3 Å². The van der Waals surface area contributed by atoms with Gasteiger partial charge < -0.3 is 4.42 Å². The molecular formula is C14H20N4O. The molecule has 5 nitrogen and oxygen atoms in total. The highest BCUT2D eigenvalue weighted by Crippen LogP contribution is 2.21. The monoisotopic (exact) mass is 260 g/mol. The molecule has 1 aliphatic rings. The highest BCUT2D eigenvalue weighted by atomic mass is 16.4. The van der Waals surface area contributed by atoms with Gasteiger partial charge in [-0.2, -0.15) is 5.10 Å². The Labute approximate surface area is 113 Å². The second kappa shape index (κ2) is 5.17. The number of oxazole rings is 1. The summed E-state index contributed by atoms with van der Waals surface area (Å²) in [5.74, 6) is 1.76. The number of rotatable bonds is 4. The van der Waals surface area contributed by atoms with Crippen LogP contribution in [0.2, 0.25) is 0 Å². The van der Waals surface area contributed by atoms with Gasteiger partial charge in [0.05, 0.1) is 18.8 Å². The van der Waals surface area contributed by atoms with Gasteiger partial charge in [-0.05, 0) is 39.3 Å². The van der Waals surface area contributed by atoms with E-state index in [1.165, 1.54) is 12.8 Å². The summed E-state index contributed by atoms with van der Waals surface area (Å²) >= 11 is 0. The zero-order valence-electron chi connectivity index (χ0n) is 11.5. The van der Waals surface area contributed by atoms with E-state index in [0.717, 1.165) is 37.0 Å². The van der Waals surface area contributed by atoms with Crippen LogP contribution in [0.25, 0.3) is 0 Å². The van der Waals surface area contributed by atoms with Crippen molar-refractivity contribution in [1.29, 1.82) is 0 Å². The minimum atomic E-state index is 0.535. The molecule has 1 atom stereocenters. The molecule has 0 spiro atoms. The van der Waals surface area contributed by atoms with Crippen LogP contribution in [0.15, 0.2) is 22.9 Å². The van der Waals surface area contributed by atoms with Gasteiger partial charge in [-0.25, -0.2) is 4.98 Å². The number of aryl methyl sites for hydroxylation is 2. The van der Waals surface area contributed by atoms with Crippen LogP contribution in [0.4, 0.5) is 0 Å². The molecule has 3 rings (SSSR count). The zero-order valence-corrected chi connectivity index (χ0v) is 11.5. The molecule has 0 saturated carbocycles. The Morgan fingerprint density at radius 2 is 2.32 bits per heavy atom. The van der Waals surface area contributed by atoms with Crippen LogP contribution >= 0.6 is 0 Å². The summed E-state index contributed by atoms with van der Waals surface area (Å²) in [7, 11) is 0. The first-order valence-corrected chi connectivity index (χ1v) is 6.87. The maximum Gasteiger partial charge on any atom is 0.208 e. The molecule has 5 heteroatoms. The van der Waals surface area contributed by atoms with Gasteiger partial charge in [0, 0.05) is 18.4 Å². The number of nitrogens with zero attached hydrogens (tertiary/aromatic N) is 4. The average Bonchev–Trinajstić information content (AvgIpc) is 3.07. The Balaban J connectivity index is 1.66. The lowest BCUT2D eigenvalue weighted by atomic mass is 10.2. The number of aromatic nitrogens is 3. The van der Waals surface area contributed by atoms with Crippen molar-refractivity contribution in [3.63, 3.8) is 0 Å². The van der Waals surface area contributed by atoms with Crippen LogP contribution in [0, 0.1) is 13.8 Å². The lowest BCUT2D eigenvalue weighted by Gasteiger charge is -2.22. The van der Waals surface area contributed by atoms with Crippen molar-refractivity contribution in [2.24, 2.45) is 0 Å². The summed E-state index contributed by atoms with van der Waals surface area (Å²) in [5, 5.41) is 4.29. The normalized spacial score (nSPS) is 20.2. The first-order chi connectivity index (χ1) is 9.22. The van der Waals surface area contributed by atoms with E-state index < -0.39 is 0 Å². The largest absolute Gasteiger partial charge is 0.444 e. The Morgan fingerprint density at radius 3 is 3.00 bits per heavy atom. The van der Waals surface area contributed by atoms with E-state index in [1.807, 2.05) is 37.0 Å². The first-order valence-electron chi connectivity index (χ1n) is 6.87. The van der Waals surface area contributed by atoms with E-state index in [-0.39, 0.29) is 0 Å². The van der Waals surface area contributed by atoms with Gasteiger partial charge in [0.2, 0.25) is 5.89 Å². The SMILES string of the molecule is Cc1nc(CN2CCC[C@@H]2Cn2cccn2)oc1C. The van der Waals surface area contributed by atoms with E-state index in [9.17, 15) is 0 Å². The smallest absolute Gasteiger partial charge is 0.208 e. The van der Waals surface area contributed by atoms with Crippen molar-refractivity contribution >= 4 is 0 Å². The summed E-state index contributed by atoms with van der Waals surface area (Å²) < 4.78 is 7.69. The van der Waals surface area contributed by atoms with Gasteiger partial charge in [0.25, 0.3) is 0 Å². The van der Waals surface area contributed by atoms with Crippen molar-refractivity contribution in [3.05, 3.63) is 35.8 Å². The first kappa shape index (κ1) is 12.4. The van der Waals surface area contributed by atoms with E-state index in [4.69, 9.17) is 4.42 Å². The fraction of sp³-hybridized carbons (Fsp3) is 0.571. The fourth-order valence-electron chi connectivity index (χ4n) is 2.71. The van der Waals surface area contributed by atoms with Gasteiger partial charge in [0.15, 0.2) is 0 Å². The summed E-state index contributed by atoms with van der Waals surface area (Å²) in [6.45, 7) is 6.84. The Morgan fingerprint density at radius 1 is 1.42 bits per heavy atom. The summed E-state index contributed by atoms with van der Waals surface area (Å²) in [4.78, 5) is 6.93. The number of likely N-dealkylation sites (tertiary alicyclic amines) is 1. The molecule has 0 bridgehead atoms. The Kier molecular flexibility index (Phi) is 3.38. The molecule has 0 radical (unpaired) electrons. The Hall–Kier alpha value is -1.62. The van der Waals surface area contributed by atoms with Crippen molar-refractivity contribution in [3.8, 4) is 0 Å². The van der Waals surface area contributed by atoms with Crippen LogP contribution < -0.4 is 0 Å². The third-order valence-electron chi connectivity index (χ3n) is 3.87. The molecule has 3 heterocycles. The van der Waals surface area contributed by atoms with E-state index in [1.54, 1.807) is 0 Å². The highest BCUT2D eigenvalue weighted by molar-refractivity contribution is 5.05. The van der Waals surface area contributed by atoms with E-state index >= 15 is 0 Å². The van der Waals surface area contributed by atoms with Gasteiger partial charge in [-0.1, -0.05) is 0 Å². The molecule has 1 saturated heterocycles. The molecular weight excluding hydrogens is 240 g/mol. The van der Waals surface area contributed by atoms with Crippen molar-refractivity contribution in [2.45, 2.75) is 45.8 Å². The van der Waals surface area contributed by atoms with Crippen molar-refractivity contribution < 1.29 is 4.42 Å². The summed E-state index contributed by atoms with van der Waals surface area (Å²) in [6.07, 6.45) is 6.32. The van der Waals surface area contributed by atoms with E-state index in [0.29, 0.717) is 6.04 Å². The van der Waals surface area contributed by atoms with Crippen molar-refractivity contribution in [1.82, 2.24) is 19.7 Å². The predicted octanol–water partition coefficient (Wildman–Crippen LogP) is 2.15. The van der Waals surface area contributed by atoms with Crippen LogP contribution in [-0.2, 0) is 13.1 Å². The van der Waals surface area contributed by atoms with Gasteiger partial charge >= 0.3 is 0 Å². The lowest BCUT2D eigenvalue weighted by molar-refractivity contribution is 0.199. The second-order valence-corrected chi connectivity index (χ2v) is 5.24. The van der Waals surface area contributed by atoms with Crippen LogP contribution in [0.3, 0.4) is 0 Å². The van der Waals surface area contributed by atoms with Gasteiger partial charge in [-0.3, -0.25) is 9.58 Å². The Bertz CT molecular complexity index is 512. The predicted molar refractivity (Wildman–Crippen MR) is 71.6 cm³/mol. The lowest BCUT2D eigenvalue weighted by Crippen LogP contribution is -2.32. The molecule has 1 fully saturated rings. The molecule has 102 valence electrons. The minimum Gasteiger partial charge on any atom is -0.444 e. The summed E-state index contributed by atoms with van der Waals surface area (Å²) in [5.41, 5.74) is 0.998. The van der Waals surface area contributed by atoms with Crippen LogP contribution in [0.5, 0.6) is 0 Å². The molecule has 0 aliphatic carbocycles. The van der Waals surface area contributed by atoms with Gasteiger partial charge in [-0.15, -0.1) is 0 Å². The zero-order chi connectivity index (χ0) is 13.2. The second-order valence-electron chi connectivity index (χ2n) is 5.24. The topological polar surface area (TPSA) is 47.1 Å². The molecule has 0 N–H and O–H groups in total. The fourth-order valence-corrected chi connectivity index (χ4v) is 2.71. The molecule has 0 aromatic carbocycles. The summed E-state index contributed by atoms with van der Waals surface area (Å²) in [6, 6.07) is 2.51. The molecule has 2 aromatic rings. The highest BCUT2D eigenvalue weighted by Gasteiger charge is 2.26. The number of hydrogen-bond donors (Lipinski definition) is 0. The third-order valence-corrected chi connectivity index (χ3v) is 3.87. The molecule has 2 aromatic heterocycles. The quantitative estimate of drug-likeness (QED) is 0.845. The van der Waals surface area contributed by atoms with E-state index in [2.05, 4.69) is 15.0 Å².